The summed E-state index contributed by atoms with van der Waals surface area (Å²) in [5, 5.41) is 0. The van der Waals surface area contributed by atoms with Gasteiger partial charge in [-0.15, -0.1) is 0 Å². The summed E-state index contributed by atoms with van der Waals surface area (Å²) >= 11 is 0. The van der Waals surface area contributed by atoms with Crippen molar-refractivity contribution in [3.8, 4) is 0 Å². The lowest BCUT2D eigenvalue weighted by atomic mass is 9.94. The Bertz CT molecular complexity index is 195. The Kier molecular flexibility index (Phi) is 6.47. The highest BCUT2D eigenvalue weighted by atomic mass is 16.5. The lowest BCUT2D eigenvalue weighted by Gasteiger charge is -2.24. The van der Waals surface area contributed by atoms with Gasteiger partial charge in [-0.2, -0.15) is 0 Å². The zero-order valence-electron chi connectivity index (χ0n) is 10.0. The van der Waals surface area contributed by atoms with Crippen molar-refractivity contribution in [3.63, 3.8) is 0 Å². The van der Waals surface area contributed by atoms with Gasteiger partial charge in [0.1, 0.15) is 0 Å². The molecule has 0 fully saturated rings. The number of hydrazine groups is 1. The van der Waals surface area contributed by atoms with Gasteiger partial charge in [-0.25, -0.2) is 5.84 Å². The molecule has 0 saturated carbocycles. The molecule has 0 aromatic rings. The number of nitrogens with two attached hydrogens (primary N) is 1. The molecule has 15 heavy (non-hydrogen) atoms. The molecule has 0 radical (unpaired) electrons. The summed E-state index contributed by atoms with van der Waals surface area (Å²) < 4.78 is 10.7. The number of hydrogen-bond donors (Lipinski definition) is 2. The van der Waals surface area contributed by atoms with Gasteiger partial charge in [-0.1, -0.05) is 0 Å². The molecule has 3 N–H and O–H groups in total. The van der Waals surface area contributed by atoms with Crippen LogP contribution in [0.5, 0.6) is 0 Å². The standard InChI is InChI=1S/C10H22N2O3/c1-5-14-6-8(2)15-7-10(3,4)9(13)12-11/h8H,5-7,11H2,1-4H3,(H,12,13). The summed E-state index contributed by atoms with van der Waals surface area (Å²) in [6.07, 6.45) is -0.0187. The second-order valence-electron chi connectivity index (χ2n) is 4.14. The van der Waals surface area contributed by atoms with Crippen LogP contribution >= 0.6 is 0 Å². The topological polar surface area (TPSA) is 73.6 Å². The van der Waals surface area contributed by atoms with Crippen LogP contribution in [0.15, 0.2) is 0 Å². The quantitative estimate of drug-likeness (QED) is 0.369. The van der Waals surface area contributed by atoms with Crippen LogP contribution in [-0.4, -0.2) is 31.8 Å². The van der Waals surface area contributed by atoms with Crippen molar-refractivity contribution in [1.82, 2.24) is 5.43 Å². The predicted octanol–water partition coefficient (Wildman–Crippen LogP) is 0.444. The van der Waals surface area contributed by atoms with Gasteiger partial charge in [0, 0.05) is 6.61 Å². The first-order valence-electron chi connectivity index (χ1n) is 5.14. The molecule has 1 unspecified atom stereocenters. The third kappa shape index (κ3) is 5.71. The first-order valence-corrected chi connectivity index (χ1v) is 5.14. The van der Waals surface area contributed by atoms with E-state index in [1.165, 1.54) is 0 Å². The second-order valence-corrected chi connectivity index (χ2v) is 4.14. The van der Waals surface area contributed by atoms with Crippen LogP contribution in [0.2, 0.25) is 0 Å². The number of ether oxygens (including phenoxy) is 2. The van der Waals surface area contributed by atoms with E-state index < -0.39 is 5.41 Å². The smallest absolute Gasteiger partial charge is 0.241 e. The van der Waals surface area contributed by atoms with Crippen LogP contribution in [0, 0.1) is 5.41 Å². The van der Waals surface area contributed by atoms with Gasteiger partial charge < -0.3 is 9.47 Å². The lowest BCUT2D eigenvalue weighted by molar-refractivity contribution is -0.134. The highest BCUT2D eigenvalue weighted by molar-refractivity contribution is 5.81. The Labute approximate surface area is 91.3 Å². The largest absolute Gasteiger partial charge is 0.379 e. The maximum Gasteiger partial charge on any atom is 0.241 e. The average molecular weight is 218 g/mol. The monoisotopic (exact) mass is 218 g/mol. The molecule has 0 saturated heterocycles. The molecule has 1 atom stereocenters. The van der Waals surface area contributed by atoms with Crippen molar-refractivity contribution in [2.75, 3.05) is 19.8 Å². The van der Waals surface area contributed by atoms with Gasteiger partial charge in [-0.3, -0.25) is 10.2 Å². The van der Waals surface area contributed by atoms with E-state index in [1.54, 1.807) is 13.8 Å². The zero-order valence-corrected chi connectivity index (χ0v) is 10.0. The normalized spacial score (nSPS) is 13.7. The molecule has 0 aliphatic rings. The Morgan fingerprint density at radius 1 is 1.53 bits per heavy atom. The molecule has 0 rings (SSSR count). The van der Waals surface area contributed by atoms with Crippen LogP contribution in [0.4, 0.5) is 0 Å². The van der Waals surface area contributed by atoms with Gasteiger partial charge in [0.2, 0.25) is 5.91 Å². The maximum absolute atomic E-state index is 11.3. The fourth-order valence-corrected chi connectivity index (χ4v) is 0.943. The van der Waals surface area contributed by atoms with Crippen molar-refractivity contribution >= 4 is 5.91 Å². The predicted molar refractivity (Wildman–Crippen MR) is 58.0 cm³/mol. The third-order valence-corrected chi connectivity index (χ3v) is 2.03. The summed E-state index contributed by atoms with van der Waals surface area (Å²) in [5.41, 5.74) is 1.51. The first-order chi connectivity index (χ1) is 6.94. The van der Waals surface area contributed by atoms with Gasteiger partial charge in [-0.05, 0) is 27.7 Å². The summed E-state index contributed by atoms with van der Waals surface area (Å²) in [6.45, 7) is 8.93. The van der Waals surface area contributed by atoms with Crippen molar-refractivity contribution in [2.24, 2.45) is 11.3 Å². The fourth-order valence-electron chi connectivity index (χ4n) is 0.943. The lowest BCUT2D eigenvalue weighted by Crippen LogP contribution is -2.44. The molecule has 0 heterocycles. The number of carbonyl (C=O) groups is 1. The highest BCUT2D eigenvalue weighted by Crippen LogP contribution is 2.16. The summed E-state index contributed by atoms with van der Waals surface area (Å²) in [6, 6.07) is 0. The van der Waals surface area contributed by atoms with E-state index in [2.05, 4.69) is 5.43 Å². The van der Waals surface area contributed by atoms with E-state index in [-0.39, 0.29) is 12.0 Å². The number of rotatable bonds is 7. The van der Waals surface area contributed by atoms with Crippen LogP contribution in [0.3, 0.4) is 0 Å². The minimum Gasteiger partial charge on any atom is -0.379 e. The van der Waals surface area contributed by atoms with Gasteiger partial charge >= 0.3 is 0 Å². The summed E-state index contributed by atoms with van der Waals surface area (Å²) in [7, 11) is 0. The molecule has 0 aliphatic heterocycles. The maximum atomic E-state index is 11.3. The number of nitrogens with one attached hydrogen (secondary N) is 1. The molecular weight excluding hydrogens is 196 g/mol. The van der Waals surface area contributed by atoms with Crippen molar-refractivity contribution in [3.05, 3.63) is 0 Å². The van der Waals surface area contributed by atoms with Gasteiger partial charge in [0.25, 0.3) is 0 Å². The first kappa shape index (κ1) is 14.3. The molecule has 0 aliphatic carbocycles. The van der Waals surface area contributed by atoms with Crippen LogP contribution in [0.1, 0.15) is 27.7 Å². The van der Waals surface area contributed by atoms with E-state index in [9.17, 15) is 4.79 Å². The number of hydrogen-bond acceptors (Lipinski definition) is 4. The van der Waals surface area contributed by atoms with E-state index in [0.717, 1.165) is 0 Å². The molecule has 5 heteroatoms. The van der Waals surface area contributed by atoms with Crippen molar-refractivity contribution in [1.29, 1.82) is 0 Å². The Hall–Kier alpha value is -0.650. The third-order valence-electron chi connectivity index (χ3n) is 2.03. The molecular formula is C10H22N2O3. The molecule has 0 bridgehead atoms. The van der Waals surface area contributed by atoms with Gasteiger partial charge in [0.05, 0.1) is 24.7 Å². The van der Waals surface area contributed by atoms with Crippen molar-refractivity contribution < 1.29 is 14.3 Å². The fraction of sp³-hybridized carbons (Fsp3) is 0.900. The molecule has 90 valence electrons. The van der Waals surface area contributed by atoms with Crippen LogP contribution in [0.25, 0.3) is 0 Å². The van der Waals surface area contributed by atoms with E-state index in [4.69, 9.17) is 15.3 Å². The zero-order chi connectivity index (χ0) is 11.9. The van der Waals surface area contributed by atoms with Crippen LogP contribution in [-0.2, 0) is 14.3 Å². The van der Waals surface area contributed by atoms with E-state index in [1.807, 2.05) is 13.8 Å². The van der Waals surface area contributed by atoms with Crippen LogP contribution < -0.4 is 11.3 Å². The molecule has 0 aromatic carbocycles. The molecule has 0 aromatic heterocycles. The summed E-state index contributed by atoms with van der Waals surface area (Å²) in [5.74, 6) is 4.83. The summed E-state index contributed by atoms with van der Waals surface area (Å²) in [4.78, 5) is 11.3. The SMILES string of the molecule is CCOCC(C)OCC(C)(C)C(=O)NN. The molecule has 0 spiro atoms. The number of amides is 1. The highest BCUT2D eigenvalue weighted by Gasteiger charge is 2.27. The van der Waals surface area contributed by atoms with E-state index >= 15 is 0 Å². The second kappa shape index (κ2) is 6.76. The molecule has 1 amide bonds. The van der Waals surface area contributed by atoms with Gasteiger partial charge in [0.15, 0.2) is 0 Å². The average Bonchev–Trinajstić information content (AvgIpc) is 2.22. The Morgan fingerprint density at radius 2 is 2.13 bits per heavy atom. The number of carbonyl (C=O) groups excluding carboxylic acids is 1. The minimum atomic E-state index is -0.616. The Morgan fingerprint density at radius 3 is 2.60 bits per heavy atom. The minimum absolute atomic E-state index is 0.0187. The Balaban J connectivity index is 3.87. The van der Waals surface area contributed by atoms with E-state index in [0.29, 0.717) is 19.8 Å². The van der Waals surface area contributed by atoms with Crippen molar-refractivity contribution in [2.45, 2.75) is 33.8 Å². The molecule has 5 nitrogen and oxygen atoms in total.